The van der Waals surface area contributed by atoms with Crippen molar-refractivity contribution >= 4 is 5.82 Å². The van der Waals surface area contributed by atoms with Crippen LogP contribution >= 0.6 is 0 Å². The van der Waals surface area contributed by atoms with Crippen molar-refractivity contribution < 1.29 is 0 Å². The van der Waals surface area contributed by atoms with Crippen molar-refractivity contribution in [3.63, 3.8) is 0 Å². The van der Waals surface area contributed by atoms with Crippen molar-refractivity contribution in [2.45, 2.75) is 37.9 Å². The maximum Gasteiger partial charge on any atom is 0.124 e. The molecule has 2 fully saturated rings. The average molecular weight is 235 g/mol. The molecule has 1 aliphatic heterocycles. The molecule has 0 bridgehead atoms. The van der Waals surface area contributed by atoms with E-state index in [2.05, 4.69) is 38.7 Å². The summed E-state index contributed by atoms with van der Waals surface area (Å²) in [7, 11) is 0. The summed E-state index contributed by atoms with van der Waals surface area (Å²) in [6.45, 7) is 5.26. The van der Waals surface area contributed by atoms with Crippen LogP contribution in [0, 0.1) is 0 Å². The van der Waals surface area contributed by atoms with Crippen LogP contribution in [0.4, 0.5) is 5.82 Å². The van der Waals surface area contributed by atoms with Crippen molar-refractivity contribution in [2.75, 3.05) is 25.0 Å². The molecule has 1 saturated heterocycles. The number of rotatable bonds is 6. The van der Waals surface area contributed by atoms with Gasteiger partial charge in [-0.25, -0.2) is 4.68 Å². The van der Waals surface area contributed by atoms with E-state index in [-0.39, 0.29) is 0 Å². The molecule has 2 aliphatic rings. The van der Waals surface area contributed by atoms with E-state index in [1.807, 2.05) is 6.20 Å². The van der Waals surface area contributed by atoms with Gasteiger partial charge in [0.15, 0.2) is 0 Å². The summed E-state index contributed by atoms with van der Waals surface area (Å²) in [5.74, 6) is 1.14. The second-order valence-corrected chi connectivity index (χ2v) is 5.20. The Labute approximate surface area is 102 Å². The number of nitrogens with zero attached hydrogens (tertiary/aromatic N) is 2. The summed E-state index contributed by atoms with van der Waals surface area (Å²) in [6.07, 6.45) is 4.56. The molecule has 0 spiro atoms. The fraction of sp³-hybridized carbons (Fsp3) is 0.750. The molecule has 1 saturated carbocycles. The SMILES string of the molecule is CC(CNc1ccnn1C1CNC1)NC1CC1. The summed E-state index contributed by atoms with van der Waals surface area (Å²) in [5, 5.41) is 14.7. The third kappa shape index (κ3) is 2.61. The summed E-state index contributed by atoms with van der Waals surface area (Å²) in [4.78, 5) is 0. The second kappa shape index (κ2) is 4.66. The molecule has 2 heterocycles. The molecule has 1 aromatic heterocycles. The molecule has 5 nitrogen and oxygen atoms in total. The third-order valence-corrected chi connectivity index (χ3v) is 3.46. The highest BCUT2D eigenvalue weighted by atomic mass is 15.4. The van der Waals surface area contributed by atoms with Gasteiger partial charge in [-0.05, 0) is 19.8 Å². The third-order valence-electron chi connectivity index (χ3n) is 3.46. The van der Waals surface area contributed by atoms with Crippen LogP contribution in [-0.2, 0) is 0 Å². The lowest BCUT2D eigenvalue weighted by atomic mass is 10.2. The Hall–Kier alpha value is -1.07. The van der Waals surface area contributed by atoms with Crippen LogP contribution in [0.15, 0.2) is 12.3 Å². The first-order valence-corrected chi connectivity index (χ1v) is 6.57. The fourth-order valence-electron chi connectivity index (χ4n) is 2.16. The minimum atomic E-state index is 0.519. The smallest absolute Gasteiger partial charge is 0.124 e. The molecule has 0 aromatic carbocycles. The predicted molar refractivity (Wildman–Crippen MR) is 68.2 cm³/mol. The van der Waals surface area contributed by atoms with E-state index in [0.29, 0.717) is 12.1 Å². The van der Waals surface area contributed by atoms with Crippen molar-refractivity contribution in [3.05, 3.63) is 12.3 Å². The van der Waals surface area contributed by atoms with E-state index < -0.39 is 0 Å². The summed E-state index contributed by atoms with van der Waals surface area (Å²) >= 11 is 0. The molecule has 1 aromatic rings. The zero-order valence-electron chi connectivity index (χ0n) is 10.3. The number of nitrogens with one attached hydrogen (secondary N) is 3. The zero-order chi connectivity index (χ0) is 11.7. The highest BCUT2D eigenvalue weighted by Gasteiger charge is 2.23. The Kier molecular flexibility index (Phi) is 3.03. The molecule has 94 valence electrons. The molecule has 0 radical (unpaired) electrons. The first-order valence-electron chi connectivity index (χ1n) is 6.57. The van der Waals surface area contributed by atoms with Gasteiger partial charge in [-0.2, -0.15) is 5.10 Å². The molecule has 1 unspecified atom stereocenters. The Bertz CT molecular complexity index is 367. The standard InChI is InChI=1S/C12H21N5/c1-9(16-10-2-3-10)6-14-12-4-5-15-17(12)11-7-13-8-11/h4-5,9-11,13-14,16H,2-3,6-8H2,1H3. The molecular weight excluding hydrogens is 214 g/mol. The van der Waals surface area contributed by atoms with Crippen LogP contribution in [0.1, 0.15) is 25.8 Å². The van der Waals surface area contributed by atoms with Gasteiger partial charge in [0.25, 0.3) is 0 Å². The van der Waals surface area contributed by atoms with Crippen molar-refractivity contribution in [1.82, 2.24) is 20.4 Å². The van der Waals surface area contributed by atoms with Crippen molar-refractivity contribution in [2.24, 2.45) is 0 Å². The summed E-state index contributed by atoms with van der Waals surface area (Å²) in [6, 6.07) is 3.87. The zero-order valence-corrected chi connectivity index (χ0v) is 10.3. The lowest BCUT2D eigenvalue weighted by molar-refractivity contribution is 0.321. The molecule has 5 heteroatoms. The van der Waals surface area contributed by atoms with Gasteiger partial charge in [0.2, 0.25) is 0 Å². The van der Waals surface area contributed by atoms with Gasteiger partial charge in [0.1, 0.15) is 5.82 Å². The summed E-state index contributed by atoms with van der Waals surface area (Å²) < 4.78 is 2.10. The number of anilines is 1. The maximum absolute atomic E-state index is 4.38. The van der Waals surface area contributed by atoms with Gasteiger partial charge < -0.3 is 16.0 Å². The van der Waals surface area contributed by atoms with E-state index >= 15 is 0 Å². The average Bonchev–Trinajstić information content (AvgIpc) is 2.92. The van der Waals surface area contributed by atoms with Gasteiger partial charge in [-0.3, -0.25) is 0 Å². The Morgan fingerprint density at radius 2 is 2.35 bits per heavy atom. The minimum Gasteiger partial charge on any atom is -0.369 e. The second-order valence-electron chi connectivity index (χ2n) is 5.20. The highest BCUT2D eigenvalue weighted by Crippen LogP contribution is 2.20. The molecular formula is C12H21N5. The monoisotopic (exact) mass is 235 g/mol. The fourth-order valence-corrected chi connectivity index (χ4v) is 2.16. The van der Waals surface area contributed by atoms with Crippen molar-refractivity contribution in [1.29, 1.82) is 0 Å². The molecule has 3 rings (SSSR count). The molecule has 0 amide bonds. The molecule has 3 N–H and O–H groups in total. The lowest BCUT2D eigenvalue weighted by Crippen LogP contribution is -2.44. The van der Waals surface area contributed by atoms with E-state index in [4.69, 9.17) is 0 Å². The highest BCUT2D eigenvalue weighted by molar-refractivity contribution is 5.35. The quantitative estimate of drug-likeness (QED) is 0.675. The molecule has 1 atom stereocenters. The Morgan fingerprint density at radius 3 is 3.00 bits per heavy atom. The first-order chi connectivity index (χ1) is 8.33. The van der Waals surface area contributed by atoms with E-state index in [1.165, 1.54) is 12.8 Å². The van der Waals surface area contributed by atoms with Crippen LogP contribution < -0.4 is 16.0 Å². The van der Waals surface area contributed by atoms with Crippen LogP contribution in [-0.4, -0.2) is 41.5 Å². The van der Waals surface area contributed by atoms with Gasteiger partial charge in [0, 0.05) is 37.8 Å². The number of aromatic nitrogens is 2. The lowest BCUT2D eigenvalue weighted by Gasteiger charge is -2.29. The van der Waals surface area contributed by atoms with E-state index in [1.54, 1.807) is 0 Å². The number of hydrogen-bond acceptors (Lipinski definition) is 4. The Balaban J connectivity index is 1.51. The van der Waals surface area contributed by atoms with Crippen LogP contribution in [0.25, 0.3) is 0 Å². The first kappa shape index (κ1) is 11.0. The van der Waals surface area contributed by atoms with Crippen LogP contribution in [0.3, 0.4) is 0 Å². The number of hydrogen-bond donors (Lipinski definition) is 3. The topological polar surface area (TPSA) is 53.9 Å². The molecule has 17 heavy (non-hydrogen) atoms. The van der Waals surface area contributed by atoms with Crippen molar-refractivity contribution in [3.8, 4) is 0 Å². The van der Waals surface area contributed by atoms with Gasteiger partial charge >= 0.3 is 0 Å². The minimum absolute atomic E-state index is 0.519. The van der Waals surface area contributed by atoms with Crippen LogP contribution in [0.2, 0.25) is 0 Å². The molecule has 1 aliphatic carbocycles. The summed E-state index contributed by atoms with van der Waals surface area (Å²) in [5.41, 5.74) is 0. The van der Waals surface area contributed by atoms with Gasteiger partial charge in [-0.15, -0.1) is 0 Å². The maximum atomic E-state index is 4.38. The Morgan fingerprint density at radius 1 is 1.53 bits per heavy atom. The predicted octanol–water partition coefficient (Wildman–Crippen LogP) is 0.580. The van der Waals surface area contributed by atoms with Gasteiger partial charge in [0.05, 0.1) is 12.2 Å². The van der Waals surface area contributed by atoms with E-state index in [0.717, 1.165) is 31.5 Å². The van der Waals surface area contributed by atoms with E-state index in [9.17, 15) is 0 Å². The normalized spacial score (nSPS) is 22.2. The van der Waals surface area contributed by atoms with Crippen LogP contribution in [0.5, 0.6) is 0 Å². The largest absolute Gasteiger partial charge is 0.369 e. The van der Waals surface area contributed by atoms with Gasteiger partial charge in [-0.1, -0.05) is 0 Å².